The number of amides is 1. The molecule has 0 aromatic heterocycles. The number of rotatable bonds is 12. The third-order valence-corrected chi connectivity index (χ3v) is 6.33. The van der Waals surface area contributed by atoms with Crippen molar-refractivity contribution < 1.29 is 19.2 Å². The van der Waals surface area contributed by atoms with E-state index in [9.17, 15) is 4.79 Å². The lowest BCUT2D eigenvalue weighted by atomic mass is 10.0. The molecule has 3 aromatic carbocycles. The van der Waals surface area contributed by atoms with Gasteiger partial charge < -0.3 is 20.5 Å². The van der Waals surface area contributed by atoms with Crippen LogP contribution in [0.2, 0.25) is 0 Å². The van der Waals surface area contributed by atoms with Gasteiger partial charge in [0, 0.05) is 36.6 Å². The Morgan fingerprint density at radius 1 is 1.09 bits per heavy atom. The van der Waals surface area contributed by atoms with Crippen molar-refractivity contribution in [1.82, 2.24) is 10.6 Å². The highest BCUT2D eigenvalue weighted by atomic mass is 16.5. The molecule has 6 nitrogen and oxygen atoms in total. The average molecular weight is 475 g/mol. The molecule has 1 heterocycles. The number of carbonyl (C=O) groups excluding carboxylic acids is 1. The highest BCUT2D eigenvalue weighted by molar-refractivity contribution is 5.98. The fourth-order valence-electron chi connectivity index (χ4n) is 4.44. The van der Waals surface area contributed by atoms with Crippen LogP contribution in [0.3, 0.4) is 0 Å². The number of carbonyl (C=O) groups is 1. The molecule has 0 fully saturated rings. The molecule has 1 atom stereocenters. The maximum Gasteiger partial charge on any atom is 0.251 e. The summed E-state index contributed by atoms with van der Waals surface area (Å²) in [7, 11) is 0. The molecule has 0 unspecified atom stereocenters. The van der Waals surface area contributed by atoms with Crippen molar-refractivity contribution in [3.63, 3.8) is 0 Å². The zero-order chi connectivity index (χ0) is 24.5. The van der Waals surface area contributed by atoms with Crippen molar-refractivity contribution in [3.8, 4) is 5.75 Å². The Labute approximate surface area is 207 Å². The maximum absolute atomic E-state index is 12.8. The molecular weight excluding hydrogens is 438 g/mol. The summed E-state index contributed by atoms with van der Waals surface area (Å²) in [4.78, 5) is 12.8. The number of hydrogen-bond donors (Lipinski definition) is 3. The van der Waals surface area contributed by atoms with E-state index in [4.69, 9.17) is 9.84 Å². The fourth-order valence-corrected chi connectivity index (χ4v) is 4.44. The van der Waals surface area contributed by atoms with Crippen molar-refractivity contribution in [2.24, 2.45) is 5.92 Å². The molecular formula is C29H36N3O3+. The molecule has 4 rings (SSSR count). The topological polar surface area (TPSA) is 73.6 Å². The third-order valence-electron chi connectivity index (χ3n) is 6.33. The van der Waals surface area contributed by atoms with Gasteiger partial charge in [-0.1, -0.05) is 37.3 Å². The standard InChI is InChI=1S/C29H35N3O3/c1-22(20-32-14-11-23-5-2-3-6-27(23)21-32)19-31-29(34)26-8-7-25-18-28(10-9-24(25)17-26)35-16-4-12-30-13-15-33/h2-3,5-10,17-18,21-22,30,33H,4,11-16,19-20H2,1H3/p+1/t22-/m0/s1. The number of fused-ring (bicyclic) bond motifs is 2. The molecule has 0 saturated carbocycles. The lowest BCUT2D eigenvalue weighted by Crippen LogP contribution is -2.34. The lowest BCUT2D eigenvalue weighted by molar-refractivity contribution is -0.530. The number of nitrogens with one attached hydrogen (secondary N) is 2. The Kier molecular flexibility index (Phi) is 8.87. The van der Waals surface area contributed by atoms with Crippen LogP contribution >= 0.6 is 0 Å². The van der Waals surface area contributed by atoms with Gasteiger partial charge in [-0.2, -0.15) is 0 Å². The van der Waals surface area contributed by atoms with Gasteiger partial charge in [0.05, 0.1) is 13.2 Å². The summed E-state index contributed by atoms with van der Waals surface area (Å²) < 4.78 is 8.19. The van der Waals surface area contributed by atoms with Crippen LogP contribution in [-0.2, 0) is 6.42 Å². The van der Waals surface area contributed by atoms with Gasteiger partial charge in [-0.15, -0.1) is 0 Å². The predicted molar refractivity (Wildman–Crippen MR) is 141 cm³/mol. The molecule has 0 saturated heterocycles. The molecule has 184 valence electrons. The number of aliphatic hydroxyl groups is 1. The van der Waals surface area contributed by atoms with E-state index < -0.39 is 0 Å². The molecule has 1 aliphatic rings. The minimum absolute atomic E-state index is 0.0394. The predicted octanol–water partition coefficient (Wildman–Crippen LogP) is 3.24. The molecule has 0 spiro atoms. The van der Waals surface area contributed by atoms with Gasteiger partial charge in [-0.05, 0) is 59.6 Å². The van der Waals surface area contributed by atoms with Crippen molar-refractivity contribution in [1.29, 1.82) is 0 Å². The van der Waals surface area contributed by atoms with E-state index >= 15 is 0 Å². The van der Waals surface area contributed by atoms with Crippen LogP contribution < -0.4 is 15.4 Å². The second-order valence-corrected chi connectivity index (χ2v) is 9.29. The third kappa shape index (κ3) is 7.13. The highest BCUT2D eigenvalue weighted by Gasteiger charge is 2.18. The van der Waals surface area contributed by atoms with Gasteiger partial charge in [0.25, 0.3) is 5.91 Å². The number of aliphatic hydroxyl groups excluding tert-OH is 1. The van der Waals surface area contributed by atoms with Gasteiger partial charge in [-0.25, -0.2) is 4.58 Å². The Balaban J connectivity index is 1.26. The van der Waals surface area contributed by atoms with Gasteiger partial charge >= 0.3 is 0 Å². The molecule has 6 heteroatoms. The lowest BCUT2D eigenvalue weighted by Gasteiger charge is -2.16. The molecule has 3 N–H and O–H groups in total. The van der Waals surface area contributed by atoms with E-state index in [0.717, 1.165) is 49.0 Å². The number of benzene rings is 3. The van der Waals surface area contributed by atoms with Crippen molar-refractivity contribution >= 4 is 22.9 Å². The molecule has 0 bridgehead atoms. The first kappa shape index (κ1) is 24.9. The van der Waals surface area contributed by atoms with Gasteiger partial charge in [-0.3, -0.25) is 4.79 Å². The van der Waals surface area contributed by atoms with E-state index in [2.05, 4.69) is 52.6 Å². The second-order valence-electron chi connectivity index (χ2n) is 9.29. The monoisotopic (exact) mass is 474 g/mol. The zero-order valence-corrected chi connectivity index (χ0v) is 20.5. The zero-order valence-electron chi connectivity index (χ0n) is 20.5. The summed E-state index contributed by atoms with van der Waals surface area (Å²) in [5.74, 6) is 1.13. The van der Waals surface area contributed by atoms with Crippen LogP contribution in [0.5, 0.6) is 5.75 Å². The summed E-state index contributed by atoms with van der Waals surface area (Å²) >= 11 is 0. The summed E-state index contributed by atoms with van der Waals surface area (Å²) in [5, 5.41) is 17.1. The molecule has 1 amide bonds. The minimum atomic E-state index is -0.0394. The number of nitrogens with zero attached hydrogens (tertiary/aromatic N) is 1. The summed E-state index contributed by atoms with van der Waals surface area (Å²) in [6.45, 7) is 6.95. The molecule has 35 heavy (non-hydrogen) atoms. The molecule has 3 aromatic rings. The normalized spacial score (nSPS) is 13.7. The average Bonchev–Trinajstić information content (AvgIpc) is 2.89. The van der Waals surface area contributed by atoms with E-state index in [0.29, 0.717) is 31.2 Å². The van der Waals surface area contributed by atoms with Crippen LogP contribution in [-0.4, -0.2) is 67.7 Å². The smallest absolute Gasteiger partial charge is 0.251 e. The van der Waals surface area contributed by atoms with E-state index in [1.807, 2.05) is 36.4 Å². The highest BCUT2D eigenvalue weighted by Crippen LogP contribution is 2.22. The van der Waals surface area contributed by atoms with Crippen LogP contribution in [0.15, 0.2) is 60.7 Å². The Morgan fingerprint density at radius 3 is 2.80 bits per heavy atom. The Hall–Kier alpha value is -3.22. The minimum Gasteiger partial charge on any atom is -0.494 e. The summed E-state index contributed by atoms with van der Waals surface area (Å²) in [6, 6.07) is 20.3. The van der Waals surface area contributed by atoms with E-state index in [1.54, 1.807) is 0 Å². The first-order valence-corrected chi connectivity index (χ1v) is 12.6. The van der Waals surface area contributed by atoms with E-state index in [1.165, 1.54) is 11.1 Å². The van der Waals surface area contributed by atoms with Crippen molar-refractivity contribution in [2.75, 3.05) is 45.9 Å². The van der Waals surface area contributed by atoms with Crippen molar-refractivity contribution in [3.05, 3.63) is 77.4 Å². The Morgan fingerprint density at radius 2 is 1.91 bits per heavy atom. The SMILES string of the molecule is C[C@@H](CNC(=O)c1ccc2cc(OCCCNCCO)ccc2c1)C[N+]1=Cc2ccccc2CC1. The maximum atomic E-state index is 12.8. The van der Waals surface area contributed by atoms with E-state index in [-0.39, 0.29) is 12.5 Å². The summed E-state index contributed by atoms with van der Waals surface area (Å²) in [5.41, 5.74) is 3.38. The van der Waals surface area contributed by atoms with Crippen LogP contribution in [0.25, 0.3) is 10.8 Å². The van der Waals surface area contributed by atoms with Gasteiger partial charge in [0.2, 0.25) is 0 Å². The van der Waals surface area contributed by atoms with Crippen LogP contribution in [0, 0.1) is 5.92 Å². The fraction of sp³-hybridized carbons (Fsp3) is 0.379. The molecule has 1 aliphatic heterocycles. The first-order chi connectivity index (χ1) is 17.1. The second kappa shape index (κ2) is 12.5. The largest absolute Gasteiger partial charge is 0.494 e. The quantitative estimate of drug-likeness (QED) is 0.278. The van der Waals surface area contributed by atoms with Crippen LogP contribution in [0.4, 0.5) is 0 Å². The first-order valence-electron chi connectivity index (χ1n) is 12.6. The van der Waals surface area contributed by atoms with Gasteiger partial charge in [0.1, 0.15) is 18.8 Å². The number of ether oxygens (including phenoxy) is 1. The molecule has 0 radical (unpaired) electrons. The molecule has 0 aliphatic carbocycles. The van der Waals surface area contributed by atoms with Crippen molar-refractivity contribution in [2.45, 2.75) is 19.8 Å². The Bertz CT molecular complexity index is 1170. The van der Waals surface area contributed by atoms with Gasteiger partial charge in [0.15, 0.2) is 6.21 Å². The number of hydrogen-bond acceptors (Lipinski definition) is 4. The summed E-state index contributed by atoms with van der Waals surface area (Å²) in [6.07, 6.45) is 4.18. The van der Waals surface area contributed by atoms with Crippen LogP contribution in [0.1, 0.15) is 34.8 Å².